The molecule has 0 saturated heterocycles. The molecular weight excluding hydrogens is 228 g/mol. The molecule has 2 rings (SSSR count). The third-order valence-corrected chi connectivity index (χ3v) is 2.69. The van der Waals surface area contributed by atoms with Gasteiger partial charge in [0.2, 0.25) is 0 Å². The van der Waals surface area contributed by atoms with E-state index in [4.69, 9.17) is 4.74 Å². The minimum Gasteiger partial charge on any atom is -0.461 e. The summed E-state index contributed by atoms with van der Waals surface area (Å²) >= 11 is 0. The number of ether oxygens (including phenoxy) is 1. The van der Waals surface area contributed by atoms with Gasteiger partial charge in [-0.25, -0.2) is 4.79 Å². The zero-order valence-electron chi connectivity index (χ0n) is 10.6. The van der Waals surface area contributed by atoms with Crippen molar-refractivity contribution >= 4 is 5.97 Å². The van der Waals surface area contributed by atoms with Gasteiger partial charge < -0.3 is 9.30 Å². The van der Waals surface area contributed by atoms with E-state index in [0.717, 1.165) is 11.3 Å². The maximum Gasteiger partial charge on any atom is 0.355 e. The highest BCUT2D eigenvalue weighted by atomic mass is 16.5. The molecule has 2 aromatic rings. The molecule has 0 saturated carbocycles. The van der Waals surface area contributed by atoms with Crippen molar-refractivity contribution < 1.29 is 9.53 Å². The van der Waals surface area contributed by atoms with E-state index >= 15 is 0 Å². The number of nitrogens with zero attached hydrogens (tertiary/aromatic N) is 2. The van der Waals surface area contributed by atoms with Crippen LogP contribution in [0.1, 0.15) is 28.7 Å². The predicted octanol–water partition coefficient (Wildman–Crippen LogP) is 2.42. The van der Waals surface area contributed by atoms with E-state index in [-0.39, 0.29) is 5.97 Å². The van der Waals surface area contributed by atoms with Crippen LogP contribution in [0.5, 0.6) is 0 Å². The summed E-state index contributed by atoms with van der Waals surface area (Å²) < 4.78 is 6.94. The molecule has 0 fully saturated rings. The van der Waals surface area contributed by atoms with E-state index in [9.17, 15) is 4.79 Å². The maximum atomic E-state index is 11.9. The van der Waals surface area contributed by atoms with E-state index < -0.39 is 0 Å². The Hall–Kier alpha value is -2.10. The van der Waals surface area contributed by atoms with Gasteiger partial charge in [-0.05, 0) is 37.6 Å². The number of hydrogen-bond donors (Lipinski definition) is 0. The highest BCUT2D eigenvalue weighted by Gasteiger charge is 2.15. The van der Waals surface area contributed by atoms with Gasteiger partial charge in [-0.2, -0.15) is 0 Å². The maximum absolute atomic E-state index is 11.9. The van der Waals surface area contributed by atoms with Gasteiger partial charge in [0.05, 0.1) is 18.8 Å². The summed E-state index contributed by atoms with van der Waals surface area (Å²) in [5.74, 6) is -0.282. The first kappa shape index (κ1) is 12.4. The zero-order chi connectivity index (χ0) is 13.0. The van der Waals surface area contributed by atoms with Crippen molar-refractivity contribution in [3.63, 3.8) is 0 Å². The van der Waals surface area contributed by atoms with Crippen LogP contribution in [-0.4, -0.2) is 22.1 Å². The van der Waals surface area contributed by atoms with Gasteiger partial charge in [0.25, 0.3) is 0 Å². The summed E-state index contributed by atoms with van der Waals surface area (Å²) in [6, 6.07) is 7.65. The molecule has 0 aliphatic carbocycles. The summed E-state index contributed by atoms with van der Waals surface area (Å²) in [4.78, 5) is 16.1. The Morgan fingerprint density at radius 1 is 1.39 bits per heavy atom. The second kappa shape index (κ2) is 5.49. The number of esters is 1. The second-order valence-electron chi connectivity index (χ2n) is 4.02. The number of aryl methyl sites for hydroxylation is 1. The van der Waals surface area contributed by atoms with E-state index in [1.807, 2.05) is 42.0 Å². The fourth-order valence-electron chi connectivity index (χ4n) is 1.86. The number of hydrogen-bond acceptors (Lipinski definition) is 3. The van der Waals surface area contributed by atoms with Crippen molar-refractivity contribution in [1.82, 2.24) is 9.55 Å². The summed E-state index contributed by atoms with van der Waals surface area (Å²) in [5, 5.41) is 0. The molecule has 0 amide bonds. The Morgan fingerprint density at radius 3 is 2.89 bits per heavy atom. The zero-order valence-corrected chi connectivity index (χ0v) is 10.6. The second-order valence-corrected chi connectivity index (χ2v) is 4.02. The Labute approximate surface area is 106 Å². The molecule has 0 unspecified atom stereocenters. The lowest BCUT2D eigenvalue weighted by Gasteiger charge is -2.09. The Kier molecular flexibility index (Phi) is 3.77. The number of aromatic nitrogens is 2. The average Bonchev–Trinajstić information content (AvgIpc) is 2.72. The molecule has 0 aliphatic heterocycles. The van der Waals surface area contributed by atoms with Crippen LogP contribution >= 0.6 is 0 Å². The van der Waals surface area contributed by atoms with E-state index in [2.05, 4.69) is 4.98 Å². The SMILES string of the molecule is CCOC(=O)c1c(C)ccn1Cc1ccccn1. The fraction of sp³-hybridized carbons (Fsp3) is 0.286. The monoisotopic (exact) mass is 244 g/mol. The molecule has 2 aromatic heterocycles. The van der Waals surface area contributed by atoms with Crippen LogP contribution in [0.3, 0.4) is 0 Å². The third kappa shape index (κ3) is 2.59. The minimum absolute atomic E-state index is 0.282. The van der Waals surface area contributed by atoms with Gasteiger partial charge in [0.15, 0.2) is 0 Å². The molecular formula is C14H16N2O2. The van der Waals surface area contributed by atoms with Crippen LogP contribution in [0.2, 0.25) is 0 Å². The van der Waals surface area contributed by atoms with Crippen LogP contribution < -0.4 is 0 Å². The van der Waals surface area contributed by atoms with E-state index in [1.165, 1.54) is 0 Å². The number of rotatable bonds is 4. The summed E-state index contributed by atoms with van der Waals surface area (Å²) in [5.41, 5.74) is 2.44. The normalized spacial score (nSPS) is 10.3. The van der Waals surface area contributed by atoms with Crippen LogP contribution in [0, 0.1) is 6.92 Å². The third-order valence-electron chi connectivity index (χ3n) is 2.69. The molecule has 94 valence electrons. The predicted molar refractivity (Wildman–Crippen MR) is 68.5 cm³/mol. The van der Waals surface area contributed by atoms with Crippen molar-refractivity contribution in [2.24, 2.45) is 0 Å². The van der Waals surface area contributed by atoms with Crippen LogP contribution in [-0.2, 0) is 11.3 Å². The molecule has 0 N–H and O–H groups in total. The molecule has 0 spiro atoms. The number of carbonyl (C=O) groups excluding carboxylic acids is 1. The molecule has 0 aromatic carbocycles. The van der Waals surface area contributed by atoms with Crippen molar-refractivity contribution in [2.75, 3.05) is 6.61 Å². The Morgan fingerprint density at radius 2 is 2.22 bits per heavy atom. The van der Waals surface area contributed by atoms with Gasteiger partial charge >= 0.3 is 5.97 Å². The van der Waals surface area contributed by atoms with Gasteiger partial charge in [0.1, 0.15) is 5.69 Å². The molecule has 0 radical (unpaired) electrons. The molecule has 0 bridgehead atoms. The van der Waals surface area contributed by atoms with Crippen molar-refractivity contribution in [3.05, 3.63) is 53.6 Å². The van der Waals surface area contributed by atoms with Crippen molar-refractivity contribution in [2.45, 2.75) is 20.4 Å². The highest BCUT2D eigenvalue weighted by Crippen LogP contribution is 2.13. The Balaban J connectivity index is 2.26. The van der Waals surface area contributed by atoms with Crippen LogP contribution in [0.4, 0.5) is 0 Å². The fourth-order valence-corrected chi connectivity index (χ4v) is 1.86. The summed E-state index contributed by atoms with van der Waals surface area (Å²) in [6.45, 7) is 4.66. The molecule has 4 nitrogen and oxygen atoms in total. The first-order valence-corrected chi connectivity index (χ1v) is 5.95. The minimum atomic E-state index is -0.282. The summed E-state index contributed by atoms with van der Waals surface area (Å²) in [7, 11) is 0. The van der Waals surface area contributed by atoms with Gasteiger partial charge in [-0.15, -0.1) is 0 Å². The van der Waals surface area contributed by atoms with Crippen LogP contribution in [0.15, 0.2) is 36.7 Å². The smallest absolute Gasteiger partial charge is 0.355 e. The topological polar surface area (TPSA) is 44.1 Å². The molecule has 18 heavy (non-hydrogen) atoms. The van der Waals surface area contributed by atoms with E-state index in [1.54, 1.807) is 13.1 Å². The molecule has 4 heteroatoms. The van der Waals surface area contributed by atoms with Crippen LogP contribution in [0.25, 0.3) is 0 Å². The Bertz CT molecular complexity index is 532. The lowest BCUT2D eigenvalue weighted by molar-refractivity contribution is 0.0513. The number of carbonyl (C=O) groups is 1. The van der Waals surface area contributed by atoms with Crippen molar-refractivity contribution in [1.29, 1.82) is 0 Å². The molecule has 0 aliphatic rings. The quantitative estimate of drug-likeness (QED) is 0.776. The van der Waals surface area contributed by atoms with Crippen molar-refractivity contribution in [3.8, 4) is 0 Å². The summed E-state index contributed by atoms with van der Waals surface area (Å²) in [6.07, 6.45) is 3.63. The van der Waals surface area contributed by atoms with Gasteiger partial charge in [-0.3, -0.25) is 4.98 Å². The molecule has 0 atom stereocenters. The van der Waals surface area contributed by atoms with Gasteiger partial charge in [0, 0.05) is 12.4 Å². The average molecular weight is 244 g/mol. The standard InChI is InChI=1S/C14H16N2O2/c1-3-18-14(17)13-11(2)7-9-16(13)10-12-6-4-5-8-15-12/h4-9H,3,10H2,1-2H3. The highest BCUT2D eigenvalue weighted by molar-refractivity contribution is 5.89. The first-order valence-electron chi connectivity index (χ1n) is 5.95. The number of pyridine rings is 1. The lowest BCUT2D eigenvalue weighted by atomic mass is 10.2. The molecule has 2 heterocycles. The lowest BCUT2D eigenvalue weighted by Crippen LogP contribution is -2.14. The van der Waals surface area contributed by atoms with Gasteiger partial charge in [-0.1, -0.05) is 6.07 Å². The first-order chi connectivity index (χ1) is 8.72. The largest absolute Gasteiger partial charge is 0.461 e. The van der Waals surface area contributed by atoms with E-state index in [0.29, 0.717) is 18.8 Å².